The number of nitrogens with one attached hydrogen (secondary N) is 2. The highest BCUT2D eigenvalue weighted by Crippen LogP contribution is 2.32. The van der Waals surface area contributed by atoms with Crippen LogP contribution in [0.15, 0.2) is 58.4 Å². The van der Waals surface area contributed by atoms with Crippen LogP contribution in [0.25, 0.3) is 0 Å². The molecule has 2 N–H and O–H groups in total. The van der Waals surface area contributed by atoms with Crippen LogP contribution in [0.3, 0.4) is 0 Å². The van der Waals surface area contributed by atoms with E-state index in [2.05, 4.69) is 4.98 Å². The summed E-state index contributed by atoms with van der Waals surface area (Å²) < 4.78 is 19.5. The Morgan fingerprint density at radius 2 is 1.90 bits per heavy atom. The van der Waals surface area contributed by atoms with E-state index in [9.17, 15) is 9.18 Å². The van der Waals surface area contributed by atoms with Gasteiger partial charge >= 0.3 is 0 Å². The van der Waals surface area contributed by atoms with Crippen molar-refractivity contribution in [2.45, 2.75) is 36.5 Å². The van der Waals surface area contributed by atoms with Crippen molar-refractivity contribution in [2.75, 3.05) is 0 Å². The highest BCUT2D eigenvalue weighted by molar-refractivity contribution is 7.98. The summed E-state index contributed by atoms with van der Waals surface area (Å²) >= 11 is 1.58. The molecule has 0 amide bonds. The van der Waals surface area contributed by atoms with Crippen molar-refractivity contribution in [3.05, 3.63) is 87.0 Å². The molecule has 0 radical (unpaired) electrons. The van der Waals surface area contributed by atoms with E-state index in [0.717, 1.165) is 47.4 Å². The minimum atomic E-state index is -0.400. The Kier molecular flexibility index (Phi) is 5.81. The summed E-state index contributed by atoms with van der Waals surface area (Å²) in [4.78, 5) is 15.3. The average Bonchev–Trinajstić information content (AvgIpc) is 2.74. The summed E-state index contributed by atoms with van der Waals surface area (Å²) in [5, 5.41) is 8.45. The van der Waals surface area contributed by atoms with Crippen molar-refractivity contribution >= 4 is 18.0 Å². The van der Waals surface area contributed by atoms with E-state index in [1.54, 1.807) is 36.0 Å². The first-order valence-electron chi connectivity index (χ1n) is 9.58. The number of pyridine rings is 1. The number of rotatable bonds is 6. The molecule has 0 saturated carbocycles. The van der Waals surface area contributed by atoms with Gasteiger partial charge in [-0.1, -0.05) is 24.3 Å². The van der Waals surface area contributed by atoms with Gasteiger partial charge in [0.2, 0.25) is 0 Å². The Morgan fingerprint density at radius 1 is 1.10 bits per heavy atom. The van der Waals surface area contributed by atoms with E-state index in [4.69, 9.17) is 10.1 Å². The minimum absolute atomic E-state index is 0.193. The van der Waals surface area contributed by atoms with Crippen molar-refractivity contribution in [1.82, 2.24) is 4.98 Å². The number of H-pyrrole nitrogens is 1. The second kappa shape index (κ2) is 8.66. The van der Waals surface area contributed by atoms with Gasteiger partial charge in [0.1, 0.15) is 5.75 Å². The monoisotopic (exact) mass is 408 g/mol. The van der Waals surface area contributed by atoms with E-state index < -0.39 is 5.82 Å². The summed E-state index contributed by atoms with van der Waals surface area (Å²) in [6.45, 7) is 0. The number of aromatic amines is 1. The molecule has 0 fully saturated rings. The lowest BCUT2D eigenvalue weighted by molar-refractivity contribution is 0.442. The minimum Gasteiger partial charge on any atom is -0.454 e. The Morgan fingerprint density at radius 3 is 2.69 bits per heavy atom. The van der Waals surface area contributed by atoms with Crippen LogP contribution in [0.2, 0.25) is 0 Å². The second-order valence-corrected chi connectivity index (χ2v) is 7.96. The van der Waals surface area contributed by atoms with Crippen LogP contribution in [0, 0.1) is 11.2 Å². The lowest BCUT2D eigenvalue weighted by atomic mass is 9.90. The lowest BCUT2D eigenvalue weighted by Gasteiger charge is -2.20. The largest absolute Gasteiger partial charge is 0.454 e. The zero-order valence-corrected chi connectivity index (χ0v) is 16.7. The summed E-state index contributed by atoms with van der Waals surface area (Å²) in [5.74, 6) is 1.02. The average molecular weight is 408 g/mol. The maximum Gasteiger partial charge on any atom is 0.257 e. The Hall–Kier alpha value is -2.86. The zero-order valence-electron chi connectivity index (χ0n) is 15.8. The zero-order chi connectivity index (χ0) is 20.2. The summed E-state index contributed by atoms with van der Waals surface area (Å²) in [6, 6.07) is 13.9. The number of aromatic nitrogens is 1. The molecular weight excluding hydrogens is 387 g/mol. The number of hydrogen-bond acceptors (Lipinski definition) is 4. The number of para-hydroxylation sites is 1. The SMILES string of the molecule is N=Cc1c2c(c(SCc3cccc(Oc4ccccc4F)c3)[nH]c1=O)CCCC2. The molecule has 1 aliphatic rings. The van der Waals surface area contributed by atoms with Gasteiger partial charge < -0.3 is 15.1 Å². The molecule has 4 rings (SSSR count). The molecule has 1 aliphatic carbocycles. The lowest BCUT2D eigenvalue weighted by Crippen LogP contribution is -2.21. The Labute approximate surface area is 172 Å². The van der Waals surface area contributed by atoms with Gasteiger partial charge in [0, 0.05) is 12.0 Å². The summed E-state index contributed by atoms with van der Waals surface area (Å²) in [7, 11) is 0. The first-order chi connectivity index (χ1) is 14.2. The van der Waals surface area contributed by atoms with E-state index in [0.29, 0.717) is 17.1 Å². The number of thioether (sulfide) groups is 1. The molecule has 0 unspecified atom stereocenters. The van der Waals surface area contributed by atoms with Crippen molar-refractivity contribution in [3.8, 4) is 11.5 Å². The number of halogens is 1. The highest BCUT2D eigenvalue weighted by atomic mass is 32.2. The predicted octanol–water partition coefficient (Wildman–Crippen LogP) is 5.48. The second-order valence-electron chi connectivity index (χ2n) is 6.97. The molecule has 3 aromatic rings. The maximum absolute atomic E-state index is 13.8. The smallest absolute Gasteiger partial charge is 0.257 e. The van der Waals surface area contributed by atoms with Crippen molar-refractivity contribution in [3.63, 3.8) is 0 Å². The van der Waals surface area contributed by atoms with Gasteiger partial charge in [-0.3, -0.25) is 4.79 Å². The van der Waals surface area contributed by atoms with Crippen molar-refractivity contribution in [1.29, 1.82) is 5.41 Å². The molecule has 1 heterocycles. The third kappa shape index (κ3) is 4.27. The normalized spacial score (nSPS) is 13.0. The van der Waals surface area contributed by atoms with Gasteiger partial charge in [-0.25, -0.2) is 4.39 Å². The van der Waals surface area contributed by atoms with Gasteiger partial charge in [-0.05, 0) is 66.6 Å². The van der Waals surface area contributed by atoms with E-state index in [1.807, 2.05) is 18.2 Å². The van der Waals surface area contributed by atoms with Gasteiger partial charge in [-0.2, -0.15) is 0 Å². The molecule has 0 spiro atoms. The molecule has 1 aromatic heterocycles. The van der Waals surface area contributed by atoms with Crippen LogP contribution in [0.1, 0.15) is 35.1 Å². The van der Waals surface area contributed by atoms with Crippen LogP contribution < -0.4 is 10.3 Å². The molecule has 2 aromatic carbocycles. The van der Waals surface area contributed by atoms with Crippen LogP contribution in [0.5, 0.6) is 11.5 Å². The van der Waals surface area contributed by atoms with E-state index in [-0.39, 0.29) is 11.3 Å². The topological polar surface area (TPSA) is 65.9 Å². The first-order valence-corrected chi connectivity index (χ1v) is 10.6. The van der Waals surface area contributed by atoms with E-state index in [1.165, 1.54) is 12.3 Å². The van der Waals surface area contributed by atoms with Gasteiger partial charge in [0.15, 0.2) is 11.6 Å². The Bertz CT molecular complexity index is 1110. The van der Waals surface area contributed by atoms with Crippen LogP contribution in [-0.2, 0) is 18.6 Å². The fourth-order valence-electron chi connectivity index (χ4n) is 3.62. The molecule has 0 bridgehead atoms. The van der Waals surface area contributed by atoms with Crippen molar-refractivity contribution in [2.24, 2.45) is 0 Å². The summed E-state index contributed by atoms with van der Waals surface area (Å²) in [5.41, 5.74) is 3.50. The molecule has 148 valence electrons. The van der Waals surface area contributed by atoms with Gasteiger partial charge in [-0.15, -0.1) is 11.8 Å². The molecule has 6 heteroatoms. The molecule has 0 aliphatic heterocycles. The summed E-state index contributed by atoms with van der Waals surface area (Å²) in [6.07, 6.45) is 5.09. The van der Waals surface area contributed by atoms with Crippen LogP contribution in [-0.4, -0.2) is 11.2 Å². The molecule has 0 atom stereocenters. The highest BCUT2D eigenvalue weighted by Gasteiger charge is 2.19. The maximum atomic E-state index is 13.8. The molecular formula is C23H21FN2O2S. The molecule has 29 heavy (non-hydrogen) atoms. The van der Waals surface area contributed by atoms with Gasteiger partial charge in [0.25, 0.3) is 5.56 Å². The number of ether oxygens (including phenoxy) is 1. The third-order valence-corrected chi connectivity index (χ3v) is 6.14. The molecule has 0 saturated heterocycles. The predicted molar refractivity (Wildman–Crippen MR) is 114 cm³/mol. The van der Waals surface area contributed by atoms with Crippen LogP contribution >= 0.6 is 11.8 Å². The third-order valence-electron chi connectivity index (χ3n) is 5.03. The Balaban J connectivity index is 1.54. The fraction of sp³-hybridized carbons (Fsp3) is 0.217. The number of hydrogen-bond donors (Lipinski definition) is 2. The first kappa shape index (κ1) is 19.5. The quantitative estimate of drug-likeness (QED) is 0.420. The van der Waals surface area contributed by atoms with Crippen LogP contribution in [0.4, 0.5) is 4.39 Å². The van der Waals surface area contributed by atoms with E-state index >= 15 is 0 Å². The standard InChI is InChI=1S/C23H21FN2O2S/c24-20-10-3-4-11-21(20)28-16-7-5-6-15(12-16)14-29-23-18-9-2-1-8-17(18)19(13-25)22(27)26-23/h3-7,10-13,25H,1-2,8-9,14H2,(H,26,27). The molecule has 4 nitrogen and oxygen atoms in total. The fourth-order valence-corrected chi connectivity index (χ4v) is 4.68. The van der Waals surface area contributed by atoms with Gasteiger partial charge in [0.05, 0.1) is 10.6 Å². The number of fused-ring (bicyclic) bond motifs is 1. The van der Waals surface area contributed by atoms with Crippen molar-refractivity contribution < 1.29 is 9.13 Å². The number of benzene rings is 2.